The van der Waals surface area contributed by atoms with E-state index in [1.54, 1.807) is 11.8 Å². The topological polar surface area (TPSA) is 102 Å². The van der Waals surface area contributed by atoms with Crippen molar-refractivity contribution in [2.75, 3.05) is 20.3 Å². The van der Waals surface area contributed by atoms with E-state index in [1.165, 1.54) is 19.1 Å². The van der Waals surface area contributed by atoms with Gasteiger partial charge in [0.1, 0.15) is 11.5 Å². The zero-order chi connectivity index (χ0) is 26.4. The number of ether oxygens (including phenoxy) is 3. The smallest absolute Gasteiger partial charge is 0.320 e. The minimum absolute atomic E-state index is 0.0363. The minimum Gasteiger partial charge on any atom is -0.481 e. The van der Waals surface area contributed by atoms with Gasteiger partial charge in [0, 0.05) is 12.2 Å². The molecule has 0 saturated carbocycles. The van der Waals surface area contributed by atoms with Crippen molar-refractivity contribution in [3.8, 4) is 0 Å². The lowest BCUT2D eigenvalue weighted by Crippen LogP contribution is -2.60. The second-order valence-electron chi connectivity index (χ2n) is 10.2. The summed E-state index contributed by atoms with van der Waals surface area (Å²) in [6.07, 6.45) is 7.65. The Labute approximate surface area is 218 Å². The zero-order valence-electron chi connectivity index (χ0n) is 21.7. The highest BCUT2D eigenvalue weighted by Crippen LogP contribution is 2.50. The molecular formula is C29H37NO7. The fourth-order valence-corrected chi connectivity index (χ4v) is 5.85. The summed E-state index contributed by atoms with van der Waals surface area (Å²) in [7, 11) is 1.32. The fraction of sp³-hybridized carbons (Fsp3) is 0.552. The summed E-state index contributed by atoms with van der Waals surface area (Å²) in [4.78, 5) is 40.3. The lowest BCUT2D eigenvalue weighted by atomic mass is 9.66. The minimum atomic E-state index is -1.26. The summed E-state index contributed by atoms with van der Waals surface area (Å²) in [6, 6.07) is 9.81. The number of piperidine rings is 1. The van der Waals surface area contributed by atoms with Crippen molar-refractivity contribution < 1.29 is 33.7 Å². The molecule has 37 heavy (non-hydrogen) atoms. The van der Waals surface area contributed by atoms with E-state index in [4.69, 9.17) is 14.2 Å². The van der Waals surface area contributed by atoms with Gasteiger partial charge in [0.2, 0.25) is 5.91 Å². The summed E-state index contributed by atoms with van der Waals surface area (Å²) in [5, 5.41) is 9.52. The van der Waals surface area contributed by atoms with Gasteiger partial charge in [-0.05, 0) is 57.1 Å². The van der Waals surface area contributed by atoms with Crippen LogP contribution < -0.4 is 0 Å². The van der Waals surface area contributed by atoms with Crippen molar-refractivity contribution in [1.29, 1.82) is 0 Å². The van der Waals surface area contributed by atoms with Crippen LogP contribution in [-0.4, -0.2) is 60.3 Å². The quantitative estimate of drug-likeness (QED) is 0.370. The highest BCUT2D eigenvalue weighted by atomic mass is 16.6. The largest absolute Gasteiger partial charge is 0.481 e. The molecule has 0 bridgehead atoms. The highest BCUT2D eigenvalue weighted by Gasteiger charge is 2.59. The number of allylic oxidation sites excluding steroid dienone is 1. The number of hydrogen-bond donors (Lipinski definition) is 1. The van der Waals surface area contributed by atoms with Crippen LogP contribution in [0, 0.1) is 11.3 Å². The van der Waals surface area contributed by atoms with Crippen molar-refractivity contribution in [3.05, 3.63) is 59.3 Å². The summed E-state index contributed by atoms with van der Waals surface area (Å²) < 4.78 is 17.4. The molecule has 0 spiro atoms. The van der Waals surface area contributed by atoms with Crippen LogP contribution in [0.4, 0.5) is 0 Å². The zero-order valence-corrected chi connectivity index (χ0v) is 21.7. The summed E-state index contributed by atoms with van der Waals surface area (Å²) in [5.41, 5.74) is 1.62. The predicted molar refractivity (Wildman–Crippen MR) is 136 cm³/mol. The van der Waals surface area contributed by atoms with E-state index in [0.717, 1.165) is 24.8 Å². The third-order valence-corrected chi connectivity index (χ3v) is 7.75. The van der Waals surface area contributed by atoms with Crippen LogP contribution in [-0.2, 0) is 35.2 Å². The number of amides is 1. The third kappa shape index (κ3) is 5.96. The molecule has 1 aromatic carbocycles. The summed E-state index contributed by atoms with van der Waals surface area (Å²) >= 11 is 0. The number of benzene rings is 1. The second kappa shape index (κ2) is 12.0. The van der Waals surface area contributed by atoms with E-state index in [9.17, 15) is 19.5 Å². The van der Waals surface area contributed by atoms with E-state index in [2.05, 4.69) is 6.08 Å². The normalized spacial score (nSPS) is 27.7. The number of aliphatic carboxylic acids is 1. The molecule has 8 nitrogen and oxygen atoms in total. The Balaban J connectivity index is 1.64. The Kier molecular flexibility index (Phi) is 8.82. The number of hydrogen-bond acceptors (Lipinski definition) is 6. The van der Waals surface area contributed by atoms with E-state index >= 15 is 0 Å². The molecule has 200 valence electrons. The van der Waals surface area contributed by atoms with Crippen LogP contribution in [0.25, 0.3) is 0 Å². The van der Waals surface area contributed by atoms with Gasteiger partial charge in [-0.25, -0.2) is 0 Å². The molecule has 8 heteroatoms. The lowest BCUT2D eigenvalue weighted by molar-refractivity contribution is -0.178. The molecule has 4 rings (SSSR count). The number of fused-ring (bicyclic) bond motifs is 1. The standard InChI is InChI=1S/C29H37NO7/c1-20-29(28(34)35-2)17-23(15-26(31)32)27(33)30(14-13-21-9-5-3-6-10-21)25(29)16-24(37-20)19-36-18-22-11-7-4-8-12-22/h4,7-9,11-12,16,20,23-24H,3,5-6,10,13-15,17-19H2,1-2H3,(H,31,32)/t20-,23-,24-,29+/m0/s1. The molecule has 1 N–H and O–H groups in total. The van der Waals surface area contributed by atoms with Gasteiger partial charge >= 0.3 is 11.9 Å². The number of carboxylic acids is 1. The molecule has 0 aromatic heterocycles. The maximum absolute atomic E-state index is 13.6. The van der Waals surface area contributed by atoms with Gasteiger partial charge in [-0.1, -0.05) is 42.0 Å². The van der Waals surface area contributed by atoms with Gasteiger partial charge in [-0.3, -0.25) is 14.4 Å². The molecule has 0 unspecified atom stereocenters. The average molecular weight is 512 g/mol. The van der Waals surface area contributed by atoms with Crippen LogP contribution >= 0.6 is 0 Å². The monoisotopic (exact) mass is 511 g/mol. The number of esters is 1. The molecule has 3 aliphatic rings. The molecular weight excluding hydrogens is 474 g/mol. The number of carbonyl (C=O) groups excluding carboxylic acids is 2. The van der Waals surface area contributed by atoms with E-state index < -0.39 is 35.5 Å². The Morgan fingerprint density at radius 2 is 2.00 bits per heavy atom. The van der Waals surface area contributed by atoms with Crippen molar-refractivity contribution in [2.24, 2.45) is 11.3 Å². The third-order valence-electron chi connectivity index (χ3n) is 7.75. The first kappa shape index (κ1) is 27.1. The van der Waals surface area contributed by atoms with Gasteiger partial charge in [-0.2, -0.15) is 0 Å². The van der Waals surface area contributed by atoms with E-state index in [1.807, 2.05) is 36.4 Å². The summed E-state index contributed by atoms with van der Waals surface area (Å²) in [5.74, 6) is -2.69. The lowest BCUT2D eigenvalue weighted by Gasteiger charge is -2.51. The average Bonchev–Trinajstić information content (AvgIpc) is 2.90. The Morgan fingerprint density at radius 1 is 1.22 bits per heavy atom. The first-order valence-electron chi connectivity index (χ1n) is 13.1. The molecule has 1 aromatic rings. The van der Waals surface area contributed by atoms with Crippen molar-refractivity contribution in [1.82, 2.24) is 4.90 Å². The Bertz CT molecular complexity index is 1050. The first-order chi connectivity index (χ1) is 17.8. The molecule has 1 aliphatic carbocycles. The van der Waals surface area contributed by atoms with Crippen LogP contribution in [0.1, 0.15) is 57.4 Å². The number of rotatable bonds is 10. The van der Waals surface area contributed by atoms with Gasteiger partial charge in [0.25, 0.3) is 0 Å². The van der Waals surface area contributed by atoms with Gasteiger partial charge in [0.15, 0.2) is 0 Å². The van der Waals surface area contributed by atoms with Crippen LogP contribution in [0.15, 0.2) is 53.8 Å². The number of methoxy groups -OCH3 is 1. The predicted octanol–water partition coefficient (Wildman–Crippen LogP) is 4.25. The van der Waals surface area contributed by atoms with Crippen molar-refractivity contribution in [3.63, 3.8) is 0 Å². The van der Waals surface area contributed by atoms with Crippen molar-refractivity contribution >= 4 is 17.8 Å². The highest BCUT2D eigenvalue weighted by molar-refractivity contribution is 5.91. The molecule has 2 aliphatic heterocycles. The van der Waals surface area contributed by atoms with Crippen LogP contribution in [0.5, 0.6) is 0 Å². The SMILES string of the molecule is COC(=O)[C@@]12C[C@H](CC(=O)O)C(=O)N(CCC3=CCCCC3)C1=C[C@@H](COCc1ccccc1)O[C@H]2C. The molecule has 2 heterocycles. The second-order valence-corrected chi connectivity index (χ2v) is 10.2. The van der Waals surface area contributed by atoms with Gasteiger partial charge in [-0.15, -0.1) is 0 Å². The van der Waals surface area contributed by atoms with Crippen LogP contribution in [0.2, 0.25) is 0 Å². The van der Waals surface area contributed by atoms with Crippen LogP contribution in [0.3, 0.4) is 0 Å². The van der Waals surface area contributed by atoms with E-state index in [-0.39, 0.29) is 25.4 Å². The number of carbonyl (C=O) groups is 3. The first-order valence-corrected chi connectivity index (χ1v) is 13.1. The fourth-order valence-electron chi connectivity index (χ4n) is 5.85. The molecule has 4 atom stereocenters. The van der Waals surface area contributed by atoms with Gasteiger partial charge in [0.05, 0.1) is 38.8 Å². The van der Waals surface area contributed by atoms with E-state index in [0.29, 0.717) is 25.3 Å². The Morgan fingerprint density at radius 3 is 2.68 bits per heavy atom. The maximum atomic E-state index is 13.6. The van der Waals surface area contributed by atoms with Crippen molar-refractivity contribution in [2.45, 2.75) is 70.7 Å². The molecule has 1 amide bonds. The number of nitrogens with zero attached hydrogens (tertiary/aromatic N) is 1. The van der Waals surface area contributed by atoms with Gasteiger partial charge < -0.3 is 24.2 Å². The number of carboxylic acid groups (broad SMARTS) is 1. The molecule has 0 radical (unpaired) electrons. The summed E-state index contributed by atoms with van der Waals surface area (Å²) in [6.45, 7) is 2.85. The molecule has 1 saturated heterocycles. The molecule has 1 fully saturated rings. The Hall–Kier alpha value is -2.97. The number of likely N-dealkylation sites (tertiary alicyclic amines) is 1. The maximum Gasteiger partial charge on any atom is 0.320 e.